The van der Waals surface area contributed by atoms with Gasteiger partial charge in [-0.05, 0) is 63.4 Å². The Morgan fingerprint density at radius 3 is 2.17 bits per heavy atom. The van der Waals surface area contributed by atoms with Gasteiger partial charge in [0, 0.05) is 0 Å². The van der Waals surface area contributed by atoms with Gasteiger partial charge in [0.1, 0.15) is 0 Å². The van der Waals surface area contributed by atoms with Crippen molar-refractivity contribution in [1.29, 1.82) is 0 Å². The van der Waals surface area contributed by atoms with Gasteiger partial charge < -0.3 is 0 Å². The van der Waals surface area contributed by atoms with E-state index >= 15 is 0 Å². The highest BCUT2D eigenvalue weighted by atomic mass is 14.5. The quantitative estimate of drug-likeness (QED) is 0.334. The maximum absolute atomic E-state index is 3.92. The van der Waals surface area contributed by atoms with Crippen molar-refractivity contribution in [2.45, 2.75) is 18.8 Å². The van der Waals surface area contributed by atoms with Gasteiger partial charge >= 0.3 is 0 Å². The molecule has 3 aromatic rings. The van der Waals surface area contributed by atoms with Crippen molar-refractivity contribution in [3.63, 3.8) is 0 Å². The van der Waals surface area contributed by atoms with Gasteiger partial charge in [0.25, 0.3) is 0 Å². The molecule has 0 aliphatic heterocycles. The predicted octanol–water partition coefficient (Wildman–Crippen LogP) is 7.26. The molecular formula is C29H24. The average molecular weight is 373 g/mol. The number of rotatable bonds is 4. The summed E-state index contributed by atoms with van der Waals surface area (Å²) >= 11 is 0. The number of fused-ring (bicyclic) bond motifs is 7. The van der Waals surface area contributed by atoms with Gasteiger partial charge in [-0.15, -0.1) is 6.58 Å². The molecule has 0 radical (unpaired) electrons. The summed E-state index contributed by atoms with van der Waals surface area (Å²) in [5, 5.41) is 0. The molecule has 3 aromatic carbocycles. The van der Waals surface area contributed by atoms with Gasteiger partial charge in [-0.25, -0.2) is 0 Å². The first kappa shape index (κ1) is 17.7. The summed E-state index contributed by atoms with van der Waals surface area (Å²) in [6.07, 6.45) is 9.06. The summed E-state index contributed by atoms with van der Waals surface area (Å²) in [7, 11) is 0. The highest BCUT2D eigenvalue weighted by molar-refractivity contribution is 5.95. The lowest BCUT2D eigenvalue weighted by molar-refractivity contribution is 0.785. The molecular weight excluding hydrogens is 348 g/mol. The van der Waals surface area contributed by atoms with Crippen LogP contribution in [-0.2, 0) is 11.8 Å². The Labute approximate surface area is 173 Å². The molecule has 0 nitrogen and oxygen atoms in total. The maximum atomic E-state index is 3.92. The number of hydrogen-bond acceptors (Lipinski definition) is 0. The standard InChI is InChI=1S/C29H24/c1-4-6-14-25-20(3)22-12-7-9-15-26(22)29(25)27-16-10-8-13-23(27)24-19-21(11-5-2)17-18-28(24)29/h4-10,12-19H,1-2,11H2,3H3/b14-6-. The van der Waals surface area contributed by atoms with Crippen LogP contribution in [0, 0.1) is 0 Å². The second-order valence-corrected chi connectivity index (χ2v) is 7.85. The molecule has 5 rings (SSSR count). The Kier molecular flexibility index (Phi) is 4.03. The van der Waals surface area contributed by atoms with Gasteiger partial charge in [-0.3, -0.25) is 0 Å². The van der Waals surface area contributed by atoms with Crippen molar-refractivity contribution in [3.8, 4) is 11.1 Å². The summed E-state index contributed by atoms with van der Waals surface area (Å²) in [6, 6.07) is 24.7. The molecule has 0 fully saturated rings. The fourth-order valence-electron chi connectivity index (χ4n) is 5.33. The van der Waals surface area contributed by atoms with Crippen LogP contribution in [0.4, 0.5) is 0 Å². The van der Waals surface area contributed by atoms with Crippen LogP contribution < -0.4 is 0 Å². The van der Waals surface area contributed by atoms with Crippen molar-refractivity contribution >= 4 is 5.57 Å². The monoisotopic (exact) mass is 372 g/mol. The molecule has 1 spiro atoms. The molecule has 1 unspecified atom stereocenters. The zero-order valence-electron chi connectivity index (χ0n) is 16.8. The first-order chi connectivity index (χ1) is 14.2. The van der Waals surface area contributed by atoms with Crippen molar-refractivity contribution in [1.82, 2.24) is 0 Å². The van der Waals surface area contributed by atoms with Gasteiger partial charge in [0.2, 0.25) is 0 Å². The Hall–Kier alpha value is -3.38. The minimum Gasteiger partial charge on any atom is -0.103 e. The van der Waals surface area contributed by atoms with Crippen LogP contribution in [0.1, 0.15) is 34.7 Å². The van der Waals surface area contributed by atoms with E-state index in [9.17, 15) is 0 Å². The predicted molar refractivity (Wildman–Crippen MR) is 124 cm³/mol. The van der Waals surface area contributed by atoms with Gasteiger partial charge in [0.15, 0.2) is 0 Å². The van der Waals surface area contributed by atoms with Crippen molar-refractivity contribution in [3.05, 3.63) is 138 Å². The largest absolute Gasteiger partial charge is 0.103 e. The van der Waals surface area contributed by atoms with E-state index in [1.807, 2.05) is 12.2 Å². The molecule has 0 saturated heterocycles. The van der Waals surface area contributed by atoms with E-state index in [1.165, 1.54) is 50.1 Å². The van der Waals surface area contributed by atoms with Crippen molar-refractivity contribution < 1.29 is 0 Å². The molecule has 0 bridgehead atoms. The van der Waals surface area contributed by atoms with E-state index < -0.39 is 0 Å². The molecule has 1 atom stereocenters. The van der Waals surface area contributed by atoms with Gasteiger partial charge in [-0.1, -0.05) is 97.6 Å². The Balaban J connectivity index is 1.93. The first-order valence-corrected chi connectivity index (χ1v) is 10.2. The van der Waals surface area contributed by atoms with Crippen LogP contribution in [-0.4, -0.2) is 0 Å². The lowest BCUT2D eigenvalue weighted by Gasteiger charge is -2.31. The minimum absolute atomic E-state index is 0.265. The van der Waals surface area contributed by atoms with Crippen LogP contribution in [0.3, 0.4) is 0 Å². The molecule has 0 heterocycles. The number of hydrogen-bond donors (Lipinski definition) is 0. The molecule has 0 amide bonds. The highest BCUT2D eigenvalue weighted by Gasteiger charge is 2.51. The molecule has 0 N–H and O–H groups in total. The average Bonchev–Trinajstić information content (AvgIpc) is 3.18. The zero-order valence-corrected chi connectivity index (χ0v) is 16.8. The highest BCUT2D eigenvalue weighted by Crippen LogP contribution is 2.61. The smallest absolute Gasteiger partial charge is 0.0722 e. The summed E-state index contributed by atoms with van der Waals surface area (Å²) in [4.78, 5) is 0. The summed E-state index contributed by atoms with van der Waals surface area (Å²) in [6.45, 7) is 10.1. The topological polar surface area (TPSA) is 0 Å². The van der Waals surface area contributed by atoms with E-state index in [2.05, 4.69) is 99.0 Å². The van der Waals surface area contributed by atoms with Crippen molar-refractivity contribution in [2.24, 2.45) is 0 Å². The fraction of sp³-hybridized carbons (Fsp3) is 0.103. The summed E-state index contributed by atoms with van der Waals surface area (Å²) in [5.41, 5.74) is 11.9. The summed E-state index contributed by atoms with van der Waals surface area (Å²) in [5.74, 6) is 0. The van der Waals surface area contributed by atoms with Crippen LogP contribution in [0.2, 0.25) is 0 Å². The summed E-state index contributed by atoms with van der Waals surface area (Å²) < 4.78 is 0. The van der Waals surface area contributed by atoms with E-state index in [0.29, 0.717) is 0 Å². The second-order valence-electron chi connectivity index (χ2n) is 7.85. The Morgan fingerprint density at radius 2 is 1.45 bits per heavy atom. The second kappa shape index (κ2) is 6.60. The SMILES string of the molecule is C=C/C=C\C1=C(C)c2ccccc2C12c1ccccc1-c1cc(CC=C)ccc12. The van der Waals surface area contributed by atoms with E-state index in [0.717, 1.165) is 6.42 Å². The van der Waals surface area contributed by atoms with E-state index in [4.69, 9.17) is 0 Å². The zero-order chi connectivity index (χ0) is 20.0. The normalized spacial score (nSPS) is 18.8. The van der Waals surface area contributed by atoms with Crippen LogP contribution in [0.15, 0.2) is 110 Å². The molecule has 0 saturated carbocycles. The molecule has 29 heavy (non-hydrogen) atoms. The molecule has 2 aliphatic carbocycles. The number of benzene rings is 3. The van der Waals surface area contributed by atoms with Crippen LogP contribution >= 0.6 is 0 Å². The lowest BCUT2D eigenvalue weighted by atomic mass is 9.69. The third-order valence-corrected chi connectivity index (χ3v) is 6.43. The van der Waals surface area contributed by atoms with Gasteiger partial charge in [-0.2, -0.15) is 0 Å². The molecule has 2 aliphatic rings. The van der Waals surface area contributed by atoms with E-state index in [1.54, 1.807) is 0 Å². The van der Waals surface area contributed by atoms with Crippen LogP contribution in [0.25, 0.3) is 16.7 Å². The Bertz CT molecular complexity index is 1220. The maximum Gasteiger partial charge on any atom is 0.0722 e. The molecule has 140 valence electrons. The minimum atomic E-state index is -0.265. The van der Waals surface area contributed by atoms with Gasteiger partial charge in [0.05, 0.1) is 5.41 Å². The Morgan fingerprint density at radius 1 is 0.793 bits per heavy atom. The third kappa shape index (κ3) is 2.26. The third-order valence-electron chi connectivity index (χ3n) is 6.43. The molecule has 0 heteroatoms. The van der Waals surface area contributed by atoms with Crippen LogP contribution in [0.5, 0.6) is 0 Å². The van der Waals surface area contributed by atoms with E-state index in [-0.39, 0.29) is 5.41 Å². The fourth-order valence-corrected chi connectivity index (χ4v) is 5.33. The molecule has 0 aromatic heterocycles. The first-order valence-electron chi connectivity index (χ1n) is 10.2. The lowest BCUT2D eigenvalue weighted by Crippen LogP contribution is -2.26. The van der Waals surface area contributed by atoms with Crippen molar-refractivity contribution in [2.75, 3.05) is 0 Å². The number of allylic oxidation sites excluding steroid dienone is 6.